The molecule has 3 rings (SSSR count). The van der Waals surface area contributed by atoms with Gasteiger partial charge >= 0.3 is 5.97 Å². The molecule has 5 nitrogen and oxygen atoms in total. The van der Waals surface area contributed by atoms with Crippen molar-refractivity contribution in [2.24, 2.45) is 17.8 Å². The van der Waals surface area contributed by atoms with E-state index in [-0.39, 0.29) is 36.1 Å². The predicted octanol–water partition coefficient (Wildman–Crippen LogP) is 3.68. The molecule has 0 radical (unpaired) electrons. The topological polar surface area (TPSA) is 87.0 Å². The fourth-order valence-corrected chi connectivity index (χ4v) is 5.89. The number of allylic oxidation sites excluding steroid dienone is 1. The van der Waals surface area contributed by atoms with Gasteiger partial charge in [0, 0.05) is 19.4 Å². The van der Waals surface area contributed by atoms with Gasteiger partial charge in [-0.05, 0) is 68.8 Å². The lowest BCUT2D eigenvalue weighted by molar-refractivity contribution is -0.155. The molecular formula is C22H36O5. The van der Waals surface area contributed by atoms with Gasteiger partial charge in [0.2, 0.25) is 0 Å². The minimum absolute atomic E-state index is 0.146. The fourth-order valence-electron chi connectivity index (χ4n) is 5.89. The van der Waals surface area contributed by atoms with Gasteiger partial charge in [-0.25, -0.2) is 0 Å². The van der Waals surface area contributed by atoms with Gasteiger partial charge in [-0.3, -0.25) is 4.79 Å². The highest BCUT2D eigenvalue weighted by molar-refractivity contribution is 5.66. The number of rotatable bonds is 8. The second-order valence-electron chi connectivity index (χ2n) is 8.88. The summed E-state index contributed by atoms with van der Waals surface area (Å²) >= 11 is 0. The normalized spacial score (nSPS) is 36.9. The monoisotopic (exact) mass is 380 g/mol. The van der Waals surface area contributed by atoms with Gasteiger partial charge in [-0.1, -0.05) is 25.3 Å². The Morgan fingerprint density at radius 2 is 2.04 bits per heavy atom. The van der Waals surface area contributed by atoms with E-state index in [1.165, 1.54) is 24.8 Å². The first-order chi connectivity index (χ1) is 13.0. The molecule has 0 aliphatic heterocycles. The Morgan fingerprint density at radius 1 is 1.30 bits per heavy atom. The molecule has 3 aliphatic carbocycles. The number of aliphatic hydroxyl groups excluding tert-OH is 2. The van der Waals surface area contributed by atoms with E-state index in [9.17, 15) is 15.0 Å². The predicted molar refractivity (Wildman–Crippen MR) is 103 cm³/mol. The van der Waals surface area contributed by atoms with Gasteiger partial charge in [0.25, 0.3) is 0 Å². The zero-order valence-electron chi connectivity index (χ0n) is 16.6. The van der Waals surface area contributed by atoms with E-state index in [0.29, 0.717) is 18.8 Å². The summed E-state index contributed by atoms with van der Waals surface area (Å²) in [6.45, 7) is 0. The fraction of sp³-hybridized carbons (Fsp3) is 0.864. The Balaban J connectivity index is 1.60. The first-order valence-corrected chi connectivity index (χ1v) is 10.8. The molecule has 0 saturated heterocycles. The smallest absolute Gasteiger partial charge is 0.303 e. The number of carboxylic acids is 1. The summed E-state index contributed by atoms with van der Waals surface area (Å²) in [7, 11) is 1.74. The SMILES string of the molecule is CO[C@@]12CC[C@H](O)[C@@H](CCC(O)C3CCCCC3)[C@@H]1C/C2=C/CCC(=O)O. The van der Waals surface area contributed by atoms with Gasteiger partial charge in [0.05, 0.1) is 17.8 Å². The minimum Gasteiger partial charge on any atom is -0.481 e. The molecule has 5 heteroatoms. The van der Waals surface area contributed by atoms with Crippen molar-refractivity contribution in [1.82, 2.24) is 0 Å². The number of fused-ring (bicyclic) bond motifs is 1. The summed E-state index contributed by atoms with van der Waals surface area (Å²) in [5.74, 6) is 0.0943. The van der Waals surface area contributed by atoms with Crippen molar-refractivity contribution in [3.8, 4) is 0 Å². The maximum absolute atomic E-state index is 10.8. The zero-order valence-corrected chi connectivity index (χ0v) is 16.6. The van der Waals surface area contributed by atoms with Gasteiger partial charge in [-0.15, -0.1) is 0 Å². The molecule has 5 atom stereocenters. The number of aliphatic carboxylic acids is 1. The third-order valence-corrected chi connectivity index (χ3v) is 7.51. The number of carbonyl (C=O) groups is 1. The van der Waals surface area contributed by atoms with Crippen LogP contribution in [0.4, 0.5) is 0 Å². The van der Waals surface area contributed by atoms with Crippen LogP contribution >= 0.6 is 0 Å². The molecule has 27 heavy (non-hydrogen) atoms. The van der Waals surface area contributed by atoms with Gasteiger partial charge < -0.3 is 20.1 Å². The Hall–Kier alpha value is -0.910. The van der Waals surface area contributed by atoms with Crippen LogP contribution in [0, 0.1) is 17.8 Å². The van der Waals surface area contributed by atoms with Crippen LogP contribution < -0.4 is 0 Å². The lowest BCUT2D eigenvalue weighted by Gasteiger charge is -2.58. The van der Waals surface area contributed by atoms with E-state index in [0.717, 1.165) is 38.5 Å². The van der Waals surface area contributed by atoms with Crippen LogP contribution in [0.25, 0.3) is 0 Å². The molecule has 0 aromatic carbocycles. The molecule has 0 bridgehead atoms. The maximum atomic E-state index is 10.8. The summed E-state index contributed by atoms with van der Waals surface area (Å²) in [5, 5.41) is 30.1. The average molecular weight is 381 g/mol. The highest BCUT2D eigenvalue weighted by atomic mass is 16.5. The Bertz CT molecular complexity index is 539. The molecule has 3 fully saturated rings. The van der Waals surface area contributed by atoms with Crippen LogP contribution in [0.3, 0.4) is 0 Å². The van der Waals surface area contributed by atoms with Crippen LogP contribution in [-0.4, -0.2) is 46.2 Å². The van der Waals surface area contributed by atoms with E-state index < -0.39 is 5.97 Å². The number of methoxy groups -OCH3 is 1. The first kappa shape index (κ1) is 20.8. The summed E-state index contributed by atoms with van der Waals surface area (Å²) in [5.41, 5.74) is 0.888. The van der Waals surface area contributed by atoms with Gasteiger partial charge in [0.1, 0.15) is 0 Å². The summed E-state index contributed by atoms with van der Waals surface area (Å²) in [6, 6.07) is 0. The minimum atomic E-state index is -0.775. The van der Waals surface area contributed by atoms with Gasteiger partial charge in [-0.2, -0.15) is 0 Å². The highest BCUT2D eigenvalue weighted by Gasteiger charge is 2.58. The van der Waals surface area contributed by atoms with Crippen LogP contribution in [0.5, 0.6) is 0 Å². The van der Waals surface area contributed by atoms with Crippen LogP contribution in [-0.2, 0) is 9.53 Å². The number of carboxylic acid groups (broad SMARTS) is 1. The van der Waals surface area contributed by atoms with Crippen molar-refractivity contribution >= 4 is 5.97 Å². The number of hydrogen-bond acceptors (Lipinski definition) is 4. The van der Waals surface area contributed by atoms with E-state index in [2.05, 4.69) is 0 Å². The van der Waals surface area contributed by atoms with Crippen LogP contribution in [0.15, 0.2) is 11.6 Å². The second-order valence-corrected chi connectivity index (χ2v) is 8.88. The maximum Gasteiger partial charge on any atom is 0.303 e. The Labute approximate surface area is 162 Å². The quantitative estimate of drug-likeness (QED) is 0.559. The molecule has 0 spiro atoms. The van der Waals surface area contributed by atoms with E-state index >= 15 is 0 Å². The van der Waals surface area contributed by atoms with Crippen molar-refractivity contribution in [2.45, 2.75) is 94.9 Å². The van der Waals surface area contributed by atoms with E-state index in [1.807, 2.05) is 6.08 Å². The van der Waals surface area contributed by atoms with Crippen molar-refractivity contribution in [1.29, 1.82) is 0 Å². The molecule has 3 saturated carbocycles. The molecule has 0 amide bonds. The first-order valence-electron chi connectivity index (χ1n) is 10.8. The lowest BCUT2D eigenvalue weighted by atomic mass is 9.52. The third-order valence-electron chi connectivity index (χ3n) is 7.51. The largest absolute Gasteiger partial charge is 0.481 e. The standard InChI is InChI=1S/C22H36O5/c1-27-22-13-12-20(24)17(10-11-19(23)15-6-3-2-4-7-15)18(22)14-16(22)8-5-9-21(25)26/h8,15,17-20,23-24H,2-7,9-14H2,1H3,(H,25,26)/b16-8-/t17-,18-,19?,20-,22+/m0/s1. The Morgan fingerprint density at radius 3 is 2.70 bits per heavy atom. The molecule has 0 aromatic heterocycles. The van der Waals surface area contributed by atoms with E-state index in [4.69, 9.17) is 9.84 Å². The molecule has 0 aromatic rings. The molecule has 1 unspecified atom stereocenters. The van der Waals surface area contributed by atoms with Crippen LogP contribution in [0.1, 0.15) is 77.0 Å². The zero-order chi connectivity index (χ0) is 19.4. The van der Waals surface area contributed by atoms with Crippen molar-refractivity contribution in [3.63, 3.8) is 0 Å². The van der Waals surface area contributed by atoms with Crippen molar-refractivity contribution in [3.05, 3.63) is 11.6 Å². The summed E-state index contributed by atoms with van der Waals surface area (Å²) < 4.78 is 5.96. The number of hydrogen-bond donors (Lipinski definition) is 3. The molecule has 154 valence electrons. The second kappa shape index (κ2) is 9.06. The highest BCUT2D eigenvalue weighted by Crippen LogP contribution is 2.58. The summed E-state index contributed by atoms with van der Waals surface area (Å²) in [4.78, 5) is 10.8. The molecule has 3 N–H and O–H groups in total. The average Bonchev–Trinajstić information content (AvgIpc) is 2.66. The van der Waals surface area contributed by atoms with Crippen molar-refractivity contribution in [2.75, 3.05) is 7.11 Å². The number of ether oxygens (including phenoxy) is 1. The van der Waals surface area contributed by atoms with Gasteiger partial charge in [0.15, 0.2) is 0 Å². The number of aliphatic hydroxyl groups is 2. The molecular weight excluding hydrogens is 344 g/mol. The third kappa shape index (κ3) is 4.41. The Kier molecular flexibility index (Phi) is 6.98. The lowest BCUT2D eigenvalue weighted by Crippen LogP contribution is -2.59. The van der Waals surface area contributed by atoms with Crippen LogP contribution in [0.2, 0.25) is 0 Å². The molecule has 0 heterocycles. The van der Waals surface area contributed by atoms with E-state index in [1.54, 1.807) is 7.11 Å². The van der Waals surface area contributed by atoms with Crippen molar-refractivity contribution < 1.29 is 24.9 Å². The summed E-state index contributed by atoms with van der Waals surface area (Å²) in [6.07, 6.45) is 12.2. The molecule has 3 aliphatic rings.